The van der Waals surface area contributed by atoms with E-state index in [4.69, 9.17) is 45.5 Å². The van der Waals surface area contributed by atoms with Crippen molar-refractivity contribution < 1.29 is 103 Å². The van der Waals surface area contributed by atoms with Crippen LogP contribution in [0.25, 0.3) is 0 Å². The molecule has 0 aliphatic carbocycles. The zero-order valence-corrected chi connectivity index (χ0v) is 59.7. The van der Waals surface area contributed by atoms with Crippen molar-refractivity contribution in [1.29, 1.82) is 0 Å². The molecule has 0 aliphatic heterocycles. The summed E-state index contributed by atoms with van der Waals surface area (Å²) >= 11 is -11.0. The van der Waals surface area contributed by atoms with Gasteiger partial charge in [-0.15, -0.1) is 0 Å². The lowest BCUT2D eigenvalue weighted by atomic mass is 10.4. The van der Waals surface area contributed by atoms with Gasteiger partial charge in [0.15, 0.2) is 69.4 Å². The topological polar surface area (TPSA) is 316 Å². The van der Waals surface area contributed by atoms with E-state index in [9.17, 15) is 57.5 Å². The van der Waals surface area contributed by atoms with E-state index in [0.29, 0.717) is 69.1 Å². The molecule has 0 bridgehead atoms. The Hall–Kier alpha value is -7.35. The van der Waals surface area contributed by atoms with Gasteiger partial charge in [0.2, 0.25) is 0 Å². The van der Waals surface area contributed by atoms with Crippen LogP contribution in [0.15, 0.2) is 142 Å². The smallest absolute Gasteiger partial charge is 0.580 e. The van der Waals surface area contributed by atoms with Crippen LogP contribution in [0.2, 0.25) is 0 Å². The maximum absolute atomic E-state index is 11.0. The fourth-order valence-corrected chi connectivity index (χ4v) is 11.0. The lowest BCUT2D eigenvalue weighted by Gasteiger charge is -2.17. The van der Waals surface area contributed by atoms with Gasteiger partial charge < -0.3 is 45.5 Å². The first-order valence-corrected chi connectivity index (χ1v) is 32.3. The zero-order chi connectivity index (χ0) is 69.1. The van der Waals surface area contributed by atoms with Crippen molar-refractivity contribution in [3.8, 4) is 0 Å². The molecule has 0 heterocycles. The highest BCUT2D eigenvalue weighted by Crippen LogP contribution is 2.15. The summed E-state index contributed by atoms with van der Waals surface area (Å²) in [6.45, 7) is 35.9. The second-order valence-electron chi connectivity index (χ2n) is 19.0. The quantitative estimate of drug-likeness (QED) is 0.0320. The molecule has 0 saturated carbocycles. The molecule has 0 aliphatic rings. The normalized spacial score (nSPS) is 12.5. The monoisotopic (exact) mass is 1300 g/mol. The van der Waals surface area contributed by atoms with Crippen molar-refractivity contribution in [2.75, 3.05) is 0 Å². The minimum absolute atomic E-state index is 0.169. The highest BCUT2D eigenvalue weighted by Gasteiger charge is 2.47. The van der Waals surface area contributed by atoms with Crippen molar-refractivity contribution in [1.82, 2.24) is 0 Å². The van der Waals surface area contributed by atoms with Crippen molar-refractivity contribution in [3.63, 3.8) is 0 Å². The van der Waals surface area contributed by atoms with Crippen molar-refractivity contribution >= 4 is 130 Å². The van der Waals surface area contributed by atoms with E-state index < -0.39 is 60.6 Å². The summed E-state index contributed by atoms with van der Waals surface area (Å²) in [5, 5.41) is 0. The van der Waals surface area contributed by atoms with Gasteiger partial charge >= 0.3 is 60.6 Å². The minimum atomic E-state index is -2.75. The molecule has 0 atom stereocenters. The van der Waals surface area contributed by atoms with Crippen LogP contribution >= 0.6 is 0 Å². The molecular formula is C60H84Al4O24. The average Bonchev–Trinajstić information content (AvgIpc) is 3.25. The van der Waals surface area contributed by atoms with Gasteiger partial charge in [0, 0.05) is 72.9 Å². The SMILES string of the molecule is CC(=O)/C=C(/C)[O][Al]([O]/C(C)=C\C(C)=O)[O]/C(C)=C/C(C)=O.CC(=O)/C=C(/C)[O][Al]([O]/C(C)=C\C(C)=O)[O]/C(C)=C\C(C)=O.CC(=O)/C=C(/C)[O][Al]([O]/C(C)=C\C(C)=O)[O]/C(C)=C\C(C)=O.CC(=O)/C=C(/C)[O][Al]([O]/C(C)=C\C(C)=O)[O]/C(C)=C\C(C)=O. The summed E-state index contributed by atoms with van der Waals surface area (Å²) in [4.78, 5) is 132. The molecule has 0 aromatic carbocycles. The van der Waals surface area contributed by atoms with E-state index in [-0.39, 0.29) is 69.4 Å². The molecule has 0 aromatic rings. The van der Waals surface area contributed by atoms with Crippen LogP contribution in [0.5, 0.6) is 0 Å². The Morgan fingerprint density at radius 1 is 0.148 bits per heavy atom. The highest BCUT2D eigenvalue weighted by atomic mass is 27.3. The Kier molecular flexibility index (Phi) is 48.1. The predicted molar refractivity (Wildman–Crippen MR) is 329 cm³/mol. The number of carbonyl (C=O) groups is 12. The van der Waals surface area contributed by atoms with Gasteiger partial charge in [0.05, 0.1) is 69.1 Å². The molecule has 0 radical (unpaired) electrons. The highest BCUT2D eigenvalue weighted by molar-refractivity contribution is 6.39. The fourth-order valence-electron chi connectivity index (χ4n) is 5.95. The van der Waals surface area contributed by atoms with Crippen LogP contribution in [0.4, 0.5) is 0 Å². The van der Waals surface area contributed by atoms with E-state index in [2.05, 4.69) is 0 Å². The third-order valence-electron chi connectivity index (χ3n) is 8.26. The zero-order valence-electron chi connectivity index (χ0n) is 55.0. The van der Waals surface area contributed by atoms with Crippen LogP contribution in [-0.4, -0.2) is 130 Å². The maximum atomic E-state index is 11.0. The maximum Gasteiger partial charge on any atom is 1.20 e. The molecule has 0 rings (SSSR count). The molecule has 0 amide bonds. The van der Waals surface area contributed by atoms with Gasteiger partial charge in [-0.1, -0.05) is 0 Å². The number of ketones is 12. The van der Waals surface area contributed by atoms with Crippen molar-refractivity contribution in [3.05, 3.63) is 142 Å². The van der Waals surface area contributed by atoms with Crippen molar-refractivity contribution in [2.45, 2.75) is 166 Å². The lowest BCUT2D eigenvalue weighted by Crippen LogP contribution is -2.26. The molecule has 0 aromatic heterocycles. The Morgan fingerprint density at radius 2 is 0.205 bits per heavy atom. The molecule has 480 valence electrons. The number of carbonyl (C=O) groups excluding carboxylic acids is 12. The fraction of sp³-hybridized carbons (Fsp3) is 0.400. The third-order valence-corrected chi connectivity index (χ3v) is 15.0. The van der Waals surface area contributed by atoms with Crippen LogP contribution in [0, 0.1) is 0 Å². The summed E-state index contributed by atoms with van der Waals surface area (Å²) in [7, 11) is 0. The summed E-state index contributed by atoms with van der Waals surface area (Å²) in [5.74, 6) is 2.09. The molecule has 28 heteroatoms. The number of hydrogen-bond acceptors (Lipinski definition) is 24. The Bertz CT molecular complexity index is 2200. The second kappa shape index (κ2) is 48.6. The summed E-state index contributed by atoms with van der Waals surface area (Å²) in [6.07, 6.45) is 15.7. The molecule has 24 nitrogen and oxygen atoms in total. The first kappa shape index (κ1) is 87.1. The van der Waals surface area contributed by atoms with Gasteiger partial charge in [0.1, 0.15) is 0 Å². The Labute approximate surface area is 537 Å². The van der Waals surface area contributed by atoms with Crippen LogP contribution < -0.4 is 0 Å². The van der Waals surface area contributed by atoms with E-state index in [1.54, 1.807) is 83.1 Å². The second-order valence-corrected chi connectivity index (χ2v) is 24.1. The van der Waals surface area contributed by atoms with Crippen molar-refractivity contribution in [2.24, 2.45) is 0 Å². The van der Waals surface area contributed by atoms with E-state index in [0.717, 1.165) is 0 Å². The van der Waals surface area contributed by atoms with E-state index in [1.807, 2.05) is 0 Å². The first-order valence-electron chi connectivity index (χ1n) is 26.7. The standard InChI is InChI=1S/12C5H8O2.4Al/c12*1-4(6)3-5(2)7;;;;/h12*3,6H,1-2H3;;;;/q;;;;;;;;;;;;4*+3/p-12/b4-3+;11*4-3-;;;;. The van der Waals surface area contributed by atoms with Gasteiger partial charge in [0.25, 0.3) is 0 Å². The number of allylic oxidation sites excluding steroid dienone is 24. The largest absolute Gasteiger partial charge is 1.20 e. The molecule has 0 spiro atoms. The number of rotatable bonds is 36. The third kappa shape index (κ3) is 60.3. The van der Waals surface area contributed by atoms with Gasteiger partial charge in [-0.25, -0.2) is 0 Å². The van der Waals surface area contributed by atoms with Crippen LogP contribution in [0.3, 0.4) is 0 Å². The number of hydrogen-bond donors (Lipinski definition) is 0. The molecular weight excluding hydrogens is 1210 g/mol. The van der Waals surface area contributed by atoms with Gasteiger partial charge in [-0.3, -0.25) is 57.5 Å². The predicted octanol–water partition coefficient (Wildman–Crippen LogP) is 10.00. The minimum Gasteiger partial charge on any atom is -0.580 e. The van der Waals surface area contributed by atoms with E-state index >= 15 is 0 Å². The molecule has 0 saturated heterocycles. The van der Waals surface area contributed by atoms with E-state index in [1.165, 1.54) is 156 Å². The molecule has 0 N–H and O–H groups in total. The Balaban J connectivity index is -0.000000535. The van der Waals surface area contributed by atoms with Crippen LogP contribution in [0.1, 0.15) is 166 Å². The first-order chi connectivity index (χ1) is 40.4. The lowest BCUT2D eigenvalue weighted by molar-refractivity contribution is -0.113. The molecule has 0 fully saturated rings. The molecule has 88 heavy (non-hydrogen) atoms. The molecule has 0 unspecified atom stereocenters. The van der Waals surface area contributed by atoms with Gasteiger partial charge in [-0.2, -0.15) is 0 Å². The van der Waals surface area contributed by atoms with Gasteiger partial charge in [-0.05, 0) is 166 Å². The van der Waals surface area contributed by atoms with Crippen LogP contribution in [-0.2, 0) is 103 Å². The summed E-state index contributed by atoms with van der Waals surface area (Å²) in [5.41, 5.74) is 0. The Morgan fingerprint density at radius 3 is 0.250 bits per heavy atom. The average molecular weight is 1300 g/mol. The summed E-state index contributed by atoms with van der Waals surface area (Å²) in [6, 6.07) is 0. The summed E-state index contributed by atoms with van der Waals surface area (Å²) < 4.78 is 66.0.